The molecular weight excluding hydrogens is 505 g/mol. The zero-order valence-corrected chi connectivity index (χ0v) is 25.9. The topological polar surface area (TPSA) is 147 Å². The third kappa shape index (κ3) is 4.31. The maximum Gasteiger partial charge on any atom is 1.00 e. The molecule has 0 aromatic carbocycles. The summed E-state index contributed by atoms with van der Waals surface area (Å²) < 4.78 is 15.1. The number of aliphatic hydroxyl groups is 2. The van der Waals surface area contributed by atoms with Gasteiger partial charge in [0, 0.05) is 10.8 Å². The molecule has 2 N–H and O–H groups in total. The molecule has 8 nitrogen and oxygen atoms in total. The minimum absolute atomic E-state index is 0. The number of rotatable bonds is 4. The van der Waals surface area contributed by atoms with Crippen LogP contribution >= 0.6 is 19.4 Å². The molecule has 4 aliphatic rings. The van der Waals surface area contributed by atoms with E-state index < -0.39 is 53.5 Å². The molecule has 3 saturated carbocycles. The van der Waals surface area contributed by atoms with Gasteiger partial charge in [0.15, 0.2) is 11.6 Å². The summed E-state index contributed by atoms with van der Waals surface area (Å²) in [6.45, 7) is 4.29. The number of fused-ring (bicyclic) bond motifs is 5. The first kappa shape index (κ1) is 31.4. The molecule has 0 aromatic heterocycles. The Balaban J connectivity index is 0.00000204. The molecule has 0 spiro atoms. The van der Waals surface area contributed by atoms with Crippen LogP contribution in [0, 0.1) is 28.6 Å². The molecule has 0 amide bonds. The Morgan fingerprint density at radius 1 is 1.29 bits per heavy atom. The van der Waals surface area contributed by atoms with Gasteiger partial charge in [-0.1, -0.05) is 32.4 Å². The molecule has 0 unspecified atom stereocenters. The van der Waals surface area contributed by atoms with Crippen molar-refractivity contribution in [2.45, 2.75) is 63.0 Å². The molecular formula is C22H28ClNa2O8P. The Bertz CT molecular complexity index is 984. The zero-order chi connectivity index (χ0) is 23.9. The molecule has 12 heteroatoms. The Hall–Kier alpha value is 1.14. The number of carbonyl (C=O) groups is 2. The van der Waals surface area contributed by atoms with Crippen molar-refractivity contribution in [3.63, 3.8) is 0 Å². The minimum atomic E-state index is -5.39. The summed E-state index contributed by atoms with van der Waals surface area (Å²) in [5.41, 5.74) is -2.98. The van der Waals surface area contributed by atoms with Crippen LogP contribution in [0.1, 0.15) is 46.5 Å². The number of hydrogen-bond donors (Lipinski definition) is 2. The van der Waals surface area contributed by atoms with Gasteiger partial charge in [-0.05, 0) is 55.6 Å². The number of phosphoric ester groups is 1. The zero-order valence-electron chi connectivity index (χ0n) is 20.2. The van der Waals surface area contributed by atoms with Crippen LogP contribution in [0.3, 0.4) is 0 Å². The number of ketones is 2. The third-order valence-corrected chi connectivity index (χ3v) is 10.4. The van der Waals surface area contributed by atoms with E-state index in [-0.39, 0.29) is 83.2 Å². The molecule has 0 bridgehead atoms. The number of carbonyl (C=O) groups excluding carboxylic acids is 2. The molecule has 4 aliphatic carbocycles. The van der Waals surface area contributed by atoms with Crippen molar-refractivity contribution in [1.82, 2.24) is 0 Å². The molecule has 0 aliphatic heterocycles. The maximum atomic E-state index is 13.0. The average molecular weight is 533 g/mol. The quantitative estimate of drug-likeness (QED) is 0.208. The van der Waals surface area contributed by atoms with E-state index in [2.05, 4.69) is 4.52 Å². The van der Waals surface area contributed by atoms with E-state index in [1.807, 2.05) is 6.92 Å². The first-order valence-corrected chi connectivity index (χ1v) is 12.7. The molecule has 4 rings (SSSR count). The van der Waals surface area contributed by atoms with Gasteiger partial charge in [0.2, 0.25) is 0 Å². The van der Waals surface area contributed by atoms with Crippen molar-refractivity contribution in [2.75, 3.05) is 6.61 Å². The number of alkyl halides is 1. The molecule has 0 heterocycles. The summed E-state index contributed by atoms with van der Waals surface area (Å²) in [6.07, 6.45) is 5.32. The number of aliphatic hydroxyl groups excluding tert-OH is 1. The largest absolute Gasteiger partial charge is 1.00 e. The van der Waals surface area contributed by atoms with Gasteiger partial charge in [0.1, 0.15) is 12.2 Å². The molecule has 178 valence electrons. The second kappa shape index (κ2) is 10.0. The van der Waals surface area contributed by atoms with Crippen LogP contribution < -0.4 is 68.9 Å². The van der Waals surface area contributed by atoms with Crippen molar-refractivity contribution in [2.24, 2.45) is 28.6 Å². The SMILES string of the molecule is C[C@H]1C[C@H]2[C@@H]3CCC4=CC(=O)C=C[C@]4(C)[C@@]3(Cl)[C@@H](O)C[C@]2(C)[C@@]1(O)C(=O)COP(=O)([O-])[O-].[Na+].[Na+]. The van der Waals surface area contributed by atoms with Gasteiger partial charge in [0.05, 0.1) is 18.8 Å². The van der Waals surface area contributed by atoms with Crippen molar-refractivity contribution in [3.05, 3.63) is 23.8 Å². The maximum absolute atomic E-state index is 13.0. The van der Waals surface area contributed by atoms with Gasteiger partial charge in [-0.25, -0.2) is 0 Å². The molecule has 8 atom stereocenters. The van der Waals surface area contributed by atoms with E-state index in [0.717, 1.165) is 5.57 Å². The van der Waals surface area contributed by atoms with E-state index in [4.69, 9.17) is 11.6 Å². The van der Waals surface area contributed by atoms with Crippen LogP contribution in [0.2, 0.25) is 0 Å². The number of hydrogen-bond acceptors (Lipinski definition) is 8. The van der Waals surface area contributed by atoms with Gasteiger partial charge < -0.3 is 29.1 Å². The van der Waals surface area contributed by atoms with Crippen LogP contribution in [0.4, 0.5) is 0 Å². The van der Waals surface area contributed by atoms with Crippen LogP contribution in [0.15, 0.2) is 23.8 Å². The van der Waals surface area contributed by atoms with E-state index >= 15 is 0 Å². The summed E-state index contributed by atoms with van der Waals surface area (Å²) in [7, 11) is -5.39. The Kier molecular flexibility index (Phi) is 9.25. The first-order valence-electron chi connectivity index (χ1n) is 10.8. The summed E-state index contributed by atoms with van der Waals surface area (Å²) >= 11 is 7.30. The number of phosphoric acid groups is 1. The van der Waals surface area contributed by atoms with Crippen molar-refractivity contribution >= 4 is 31.0 Å². The average Bonchev–Trinajstić information content (AvgIpc) is 2.89. The van der Waals surface area contributed by atoms with E-state index in [1.165, 1.54) is 6.08 Å². The van der Waals surface area contributed by atoms with Crippen molar-refractivity contribution in [3.8, 4) is 0 Å². The smallest absolute Gasteiger partial charge is 0.790 e. The Morgan fingerprint density at radius 2 is 1.91 bits per heavy atom. The second-order valence-electron chi connectivity index (χ2n) is 10.3. The van der Waals surface area contributed by atoms with Gasteiger partial charge in [-0.3, -0.25) is 9.59 Å². The summed E-state index contributed by atoms with van der Waals surface area (Å²) in [6, 6.07) is 0. The molecule has 0 aromatic rings. The number of halogens is 1. The normalized spacial score (nSPS) is 45.2. The van der Waals surface area contributed by atoms with Gasteiger partial charge >= 0.3 is 59.1 Å². The molecule has 34 heavy (non-hydrogen) atoms. The standard InChI is InChI=1S/C22H30ClO8P.2Na/c1-12-8-16-15-5-4-13-9-14(24)6-7-19(13,2)21(15,23)17(25)10-20(16,3)22(12,27)18(26)11-31-32(28,29)30;;/h6-7,9,12,15-17,25,27H,4-5,8,10-11H2,1-3H3,(H2,28,29,30);;/q;2*+1/p-2/t12-,15-,16-,17-,19-,20-,21-,22-;;/m0../s1. The van der Waals surface area contributed by atoms with E-state index in [9.17, 15) is 34.2 Å². The van der Waals surface area contributed by atoms with E-state index in [1.54, 1.807) is 26.0 Å². The van der Waals surface area contributed by atoms with Crippen LogP contribution in [0.25, 0.3) is 0 Å². The van der Waals surface area contributed by atoms with Gasteiger partial charge in [0.25, 0.3) is 0 Å². The van der Waals surface area contributed by atoms with Crippen LogP contribution in [-0.2, 0) is 18.7 Å². The van der Waals surface area contributed by atoms with Gasteiger partial charge in [-0.15, -0.1) is 11.6 Å². The van der Waals surface area contributed by atoms with E-state index in [0.29, 0.717) is 19.3 Å². The van der Waals surface area contributed by atoms with Crippen LogP contribution in [-0.4, -0.2) is 45.0 Å². The first-order chi connectivity index (χ1) is 14.6. The van der Waals surface area contributed by atoms with Gasteiger partial charge in [-0.2, -0.15) is 0 Å². The Morgan fingerprint density at radius 3 is 2.50 bits per heavy atom. The van der Waals surface area contributed by atoms with Crippen molar-refractivity contribution in [1.29, 1.82) is 0 Å². The predicted octanol–water partition coefficient (Wildman–Crippen LogP) is -4.97. The monoisotopic (exact) mass is 532 g/mol. The molecule has 0 radical (unpaired) electrons. The second-order valence-corrected chi connectivity index (χ2v) is 12.1. The summed E-state index contributed by atoms with van der Waals surface area (Å²) in [5, 5.41) is 23.1. The fourth-order valence-corrected chi connectivity index (χ4v) is 8.19. The fourth-order valence-electron chi connectivity index (χ4n) is 7.39. The summed E-state index contributed by atoms with van der Waals surface area (Å²) in [4.78, 5) is 45.6. The van der Waals surface area contributed by atoms with Crippen LogP contribution in [0.5, 0.6) is 0 Å². The number of allylic oxidation sites excluding steroid dienone is 4. The fraction of sp³-hybridized carbons (Fsp3) is 0.727. The number of Topliss-reactive ketones (excluding diaryl/α,β-unsaturated/α-hetero) is 1. The molecule has 3 fully saturated rings. The Labute approximate surface area is 248 Å². The third-order valence-electron chi connectivity index (χ3n) is 9.00. The summed E-state index contributed by atoms with van der Waals surface area (Å²) in [5.74, 6) is -2.08. The molecule has 0 saturated heterocycles. The van der Waals surface area contributed by atoms with Crippen molar-refractivity contribution < 1.29 is 97.8 Å². The minimum Gasteiger partial charge on any atom is -0.790 e. The predicted molar refractivity (Wildman–Crippen MR) is 111 cm³/mol.